The van der Waals surface area contributed by atoms with Crippen LogP contribution in [0.4, 0.5) is 0 Å². The molecule has 0 aliphatic rings. The summed E-state index contributed by atoms with van der Waals surface area (Å²) < 4.78 is 13.6. The first kappa shape index (κ1) is 62.8. The molecule has 3 aromatic heterocycles. The predicted octanol–water partition coefficient (Wildman–Crippen LogP) is 23.9. The molecule has 480 valence electrons. The molecule has 17 aromatic rings. The van der Waals surface area contributed by atoms with Crippen LogP contribution < -0.4 is 9.30 Å². The summed E-state index contributed by atoms with van der Waals surface area (Å²) in [6.45, 7) is 6.72. The van der Waals surface area contributed by atoms with E-state index in [0.717, 1.165) is 139 Å². The van der Waals surface area contributed by atoms with E-state index in [9.17, 15) is 0 Å². The van der Waals surface area contributed by atoms with Gasteiger partial charge in [-0.15, -0.1) is 29.7 Å². The maximum atomic E-state index is 6.99. The third kappa shape index (κ3) is 12.3. The van der Waals surface area contributed by atoms with Crippen molar-refractivity contribution < 1.29 is 30.4 Å². The third-order valence-electron chi connectivity index (χ3n) is 18.9. The molecule has 0 unspecified atom stereocenters. The zero-order chi connectivity index (χ0) is 66.4. The Labute approximate surface area is 598 Å². The Bertz CT molecular complexity index is 5520. The summed E-state index contributed by atoms with van der Waals surface area (Å²) >= 11 is 0. The van der Waals surface area contributed by atoms with Crippen molar-refractivity contribution >= 4 is 32.8 Å². The molecule has 0 spiro atoms. The van der Waals surface area contributed by atoms with Gasteiger partial charge in [-0.25, -0.2) is 4.98 Å². The van der Waals surface area contributed by atoms with Crippen LogP contribution in [-0.4, -0.2) is 14.1 Å². The van der Waals surface area contributed by atoms with E-state index in [1.807, 2.05) is 24.4 Å². The van der Waals surface area contributed by atoms with E-state index in [-0.39, 0.29) is 26.5 Å². The summed E-state index contributed by atoms with van der Waals surface area (Å²) in [5.74, 6) is 1.89. The Balaban J connectivity index is 0.00000778. The molecule has 0 N–H and O–H groups in total. The summed E-state index contributed by atoms with van der Waals surface area (Å²) in [5, 5.41) is 2.12. The molecule has 17 rings (SSSR count). The summed E-state index contributed by atoms with van der Waals surface area (Å²) in [4.78, 5) is 5.07. The van der Waals surface area contributed by atoms with E-state index in [1.165, 1.54) is 16.7 Å². The maximum absolute atomic E-state index is 6.99. The minimum absolute atomic E-state index is 0. The summed E-state index contributed by atoms with van der Waals surface area (Å²) in [5.41, 5.74) is 26.8. The number of nitrogens with zero attached hydrogens (tertiary/aromatic N) is 4. The molecule has 0 radical (unpaired) electrons. The Morgan fingerprint density at radius 3 is 1.25 bits per heavy atom. The molecule has 0 aliphatic heterocycles. The van der Waals surface area contributed by atoms with E-state index in [0.29, 0.717) is 11.5 Å². The molecule has 5 nitrogen and oxygen atoms in total. The second-order valence-electron chi connectivity index (χ2n) is 26.4. The van der Waals surface area contributed by atoms with Gasteiger partial charge in [-0.3, -0.25) is 4.57 Å². The van der Waals surface area contributed by atoms with Crippen molar-refractivity contribution in [3.63, 3.8) is 0 Å². The molecule has 0 aliphatic carbocycles. The van der Waals surface area contributed by atoms with Crippen LogP contribution in [0.15, 0.2) is 346 Å². The predicted molar refractivity (Wildman–Crippen MR) is 408 cm³/mol. The van der Waals surface area contributed by atoms with E-state index in [1.54, 1.807) is 0 Å². The quantitative estimate of drug-likeness (QED) is 0.0803. The topological polar surface area (TPSA) is 35.9 Å². The second-order valence-corrected chi connectivity index (χ2v) is 26.4. The Hall–Kier alpha value is -12.0. The number of fused-ring (bicyclic) bond motifs is 4. The van der Waals surface area contributed by atoms with Crippen molar-refractivity contribution in [3.8, 4) is 129 Å². The van der Waals surface area contributed by atoms with Gasteiger partial charge in [0.05, 0.1) is 16.7 Å². The normalized spacial score (nSPS) is 11.5. The van der Waals surface area contributed by atoms with Crippen molar-refractivity contribution in [1.82, 2.24) is 14.1 Å². The van der Waals surface area contributed by atoms with Crippen molar-refractivity contribution in [2.24, 2.45) is 0 Å². The molecule has 14 aromatic carbocycles. The van der Waals surface area contributed by atoms with Gasteiger partial charge in [0.15, 0.2) is 0 Å². The van der Waals surface area contributed by atoms with Crippen molar-refractivity contribution in [2.45, 2.75) is 26.2 Å². The minimum atomic E-state index is -0.113. The molecule has 100 heavy (non-hydrogen) atoms. The third-order valence-corrected chi connectivity index (χ3v) is 18.9. The van der Waals surface area contributed by atoms with Crippen LogP contribution in [-0.2, 0) is 26.5 Å². The van der Waals surface area contributed by atoms with Gasteiger partial charge in [0.25, 0.3) is 6.33 Å². The fourth-order valence-electron chi connectivity index (χ4n) is 14.0. The van der Waals surface area contributed by atoms with Gasteiger partial charge in [-0.1, -0.05) is 263 Å². The first-order chi connectivity index (χ1) is 48.7. The van der Waals surface area contributed by atoms with Crippen LogP contribution in [0.1, 0.15) is 26.3 Å². The molecule has 0 amide bonds. The van der Waals surface area contributed by atoms with Gasteiger partial charge in [-0.2, -0.15) is 18.2 Å². The first-order valence-electron chi connectivity index (χ1n) is 33.7. The van der Waals surface area contributed by atoms with Gasteiger partial charge >= 0.3 is 0 Å². The Morgan fingerprint density at radius 1 is 0.340 bits per heavy atom. The largest absolute Gasteiger partial charge is 0.510 e. The number of hydrogen-bond donors (Lipinski definition) is 0. The van der Waals surface area contributed by atoms with Gasteiger partial charge in [0, 0.05) is 44.3 Å². The van der Waals surface area contributed by atoms with Crippen LogP contribution >= 0.6 is 0 Å². The van der Waals surface area contributed by atoms with E-state index in [4.69, 9.17) is 9.72 Å². The Kier molecular flexibility index (Phi) is 16.8. The Morgan fingerprint density at radius 2 is 0.770 bits per heavy atom. The zero-order valence-corrected chi connectivity index (χ0v) is 57.7. The average molecular weight is 1460 g/mol. The summed E-state index contributed by atoms with van der Waals surface area (Å²) in [7, 11) is 0. The minimum Gasteiger partial charge on any atom is -0.510 e. The van der Waals surface area contributed by atoms with Gasteiger partial charge in [-0.05, 0) is 195 Å². The summed E-state index contributed by atoms with van der Waals surface area (Å²) in [6.07, 6.45) is 5.89. The number of para-hydroxylation sites is 3. The van der Waals surface area contributed by atoms with E-state index < -0.39 is 0 Å². The van der Waals surface area contributed by atoms with Gasteiger partial charge in [0.2, 0.25) is 0 Å². The van der Waals surface area contributed by atoms with Crippen LogP contribution in [0.3, 0.4) is 0 Å². The SMILES string of the molecule is CC(C)(C)c1ccnc(-n2c3[c-]c(Oc4[c-]c(-n5[c-][n+](-c6c(-c7cc(-c8ccccc8)cc(-c8ccccc8)c7)cccc6-c6cc(-c7ccccc7)cc(-c7ccccc7)c6)c6ccccc65)ccc4)ccc3c3cc(-c4cc(-c5ccccc5)cc(-c5ccccc5)c4)ccc32)c1.[Pt]. The van der Waals surface area contributed by atoms with Crippen LogP contribution in [0.25, 0.3) is 150 Å². The van der Waals surface area contributed by atoms with Crippen molar-refractivity contribution in [2.75, 3.05) is 0 Å². The fourth-order valence-corrected chi connectivity index (χ4v) is 14.0. The smallest absolute Gasteiger partial charge is 0.268 e. The van der Waals surface area contributed by atoms with E-state index in [2.05, 4.69) is 374 Å². The zero-order valence-electron chi connectivity index (χ0n) is 55.4. The molecular weight excluding hydrogens is 1400 g/mol. The fraction of sp³-hybridized carbons (Fsp3) is 0.0426. The average Bonchev–Trinajstić information content (AvgIpc) is 1.55. The molecule has 0 atom stereocenters. The number of rotatable bonds is 14. The molecule has 0 bridgehead atoms. The molecule has 0 fully saturated rings. The maximum Gasteiger partial charge on any atom is 0.268 e. The second kappa shape index (κ2) is 26.8. The van der Waals surface area contributed by atoms with Crippen LogP contribution in [0.5, 0.6) is 11.5 Å². The standard InChI is InChI=1S/C94H66N4O.Pt/c1-94(2,3)80-48-49-95-92(60-80)98-88-47-44-70(77-53-71(64-26-10-4-11-27-64)50-72(54-77)65-28-12-5-13-29-65)59-87(88)86-46-45-83(62-91(86)98)99-82-39-24-38-81(61-82)96-63-97(90-43-23-22-42-89(90)96)93-84(78-55-73(66-30-14-6-15-31-66)51-74(56-78)67-32-16-7-17-33-67)40-25-41-85(93)79-57-75(68-34-18-8-19-35-68)52-76(58-79)69-36-20-9-21-37-69;/h4-60H,1-3H3;/q-2;. The number of ether oxygens (including phenoxy) is 1. The van der Waals surface area contributed by atoms with Gasteiger partial charge < -0.3 is 13.9 Å². The number of benzene rings is 14. The number of pyridine rings is 1. The molecular formula is C94H66N4OPt-2. The van der Waals surface area contributed by atoms with Crippen LogP contribution in [0, 0.1) is 18.5 Å². The van der Waals surface area contributed by atoms with E-state index >= 15 is 0 Å². The molecule has 0 saturated carbocycles. The number of imidazole rings is 1. The first-order valence-corrected chi connectivity index (χ1v) is 33.7. The molecule has 3 heterocycles. The number of hydrogen-bond acceptors (Lipinski definition) is 2. The molecule has 6 heteroatoms. The monoisotopic (exact) mass is 1460 g/mol. The van der Waals surface area contributed by atoms with Crippen LogP contribution in [0.2, 0.25) is 0 Å². The van der Waals surface area contributed by atoms with Crippen molar-refractivity contribution in [1.29, 1.82) is 0 Å². The summed E-state index contributed by atoms with van der Waals surface area (Å²) in [6, 6.07) is 129. The van der Waals surface area contributed by atoms with Crippen molar-refractivity contribution in [3.05, 3.63) is 370 Å². The number of aromatic nitrogens is 4. The van der Waals surface area contributed by atoms with Gasteiger partial charge in [0.1, 0.15) is 5.82 Å². The molecule has 0 saturated heterocycles.